The third kappa shape index (κ3) is 5.76. The summed E-state index contributed by atoms with van der Waals surface area (Å²) < 4.78 is 8.57. The van der Waals surface area contributed by atoms with Crippen molar-refractivity contribution in [1.82, 2.24) is 0 Å². The predicted molar refractivity (Wildman–Crippen MR) is 218 cm³/mol. The molecule has 0 saturated carbocycles. The second-order valence-electron chi connectivity index (χ2n) is 12.7. The Balaban J connectivity index is 1.16. The van der Waals surface area contributed by atoms with Crippen molar-refractivity contribution in [3.63, 3.8) is 0 Å². The molecule has 2 heterocycles. The zero-order valence-corrected chi connectivity index (χ0v) is 28.8. The Morgan fingerprint density at radius 3 is 2.02 bits per heavy atom. The van der Waals surface area contributed by atoms with E-state index in [0.717, 1.165) is 49.0 Å². The Labute approximate surface area is 300 Å². The molecule has 0 unspecified atom stereocenters. The molecule has 0 saturated heterocycles. The summed E-state index contributed by atoms with van der Waals surface area (Å²) in [5, 5.41) is 4.57. The van der Waals surface area contributed by atoms with Crippen molar-refractivity contribution in [2.45, 2.75) is 6.92 Å². The lowest BCUT2D eigenvalue weighted by Gasteiger charge is -2.09. The fourth-order valence-electron chi connectivity index (χ4n) is 6.81. The number of aliphatic imine (C=N–C) groups is 2. The Hall–Kier alpha value is -6.36. The summed E-state index contributed by atoms with van der Waals surface area (Å²) in [5.41, 5.74) is 10.9. The van der Waals surface area contributed by atoms with Crippen molar-refractivity contribution in [2.75, 3.05) is 0 Å². The van der Waals surface area contributed by atoms with E-state index in [2.05, 4.69) is 128 Å². The molecule has 3 nitrogen and oxygen atoms in total. The van der Waals surface area contributed by atoms with Crippen LogP contribution in [0.25, 0.3) is 70.1 Å². The molecule has 0 aliphatic carbocycles. The van der Waals surface area contributed by atoms with Crippen LogP contribution in [-0.4, -0.2) is 11.5 Å². The number of hydrogen-bond acceptors (Lipinski definition) is 3. The number of para-hydroxylation sites is 1. The van der Waals surface area contributed by atoms with Gasteiger partial charge >= 0.3 is 0 Å². The highest BCUT2D eigenvalue weighted by Crippen LogP contribution is 2.39. The van der Waals surface area contributed by atoms with Crippen LogP contribution in [-0.2, 0) is 0 Å². The molecule has 0 aliphatic heterocycles. The number of amidine groups is 1. The highest BCUT2D eigenvalue weighted by atomic mass is 32.1. The van der Waals surface area contributed by atoms with Crippen LogP contribution in [0.4, 0.5) is 0 Å². The number of benzene rings is 7. The molecule has 2 aromatic heterocycles. The fraction of sp³-hybridized carbons (Fsp3) is 0.0213. The van der Waals surface area contributed by atoms with E-state index in [0.29, 0.717) is 11.5 Å². The minimum atomic E-state index is 0.621. The molecule has 0 amide bonds. The third-order valence-electron chi connectivity index (χ3n) is 9.46. The lowest BCUT2D eigenvalue weighted by molar-refractivity contribution is 0.669. The molecule has 0 spiro atoms. The van der Waals surface area contributed by atoms with Gasteiger partial charge in [0.05, 0.1) is 5.70 Å². The molecule has 0 fully saturated rings. The van der Waals surface area contributed by atoms with Gasteiger partial charge in [-0.2, -0.15) is 0 Å². The first-order chi connectivity index (χ1) is 25.1. The summed E-state index contributed by atoms with van der Waals surface area (Å²) in [7, 11) is 0. The number of thiophene rings is 1. The van der Waals surface area contributed by atoms with E-state index in [1.54, 1.807) is 11.3 Å². The summed E-state index contributed by atoms with van der Waals surface area (Å²) >= 11 is 1.78. The van der Waals surface area contributed by atoms with Crippen LogP contribution in [0.5, 0.6) is 0 Å². The van der Waals surface area contributed by atoms with Gasteiger partial charge in [0.2, 0.25) is 0 Å². The Morgan fingerprint density at radius 1 is 0.510 bits per heavy atom. The van der Waals surface area contributed by atoms with Crippen LogP contribution >= 0.6 is 11.3 Å². The van der Waals surface area contributed by atoms with Crippen molar-refractivity contribution in [2.24, 2.45) is 9.98 Å². The smallest absolute Gasteiger partial charge is 0.161 e. The standard InChI is InChI=1S/C47H32N2OS/c1-30(32-13-5-3-6-14-32)48-47(49-31(2)34-23-25-39-38-19-9-10-22-43(38)50-44(39)29-34)41-21-12-20-40-42-28-37(24-26-45(42)51-46(40)41)36-18-11-17-35(27-36)33-15-7-4-8-16-33/h3-29H,2H2,1H3. The third-order valence-corrected chi connectivity index (χ3v) is 10.7. The van der Waals surface area contributed by atoms with E-state index in [1.807, 2.05) is 49.4 Å². The van der Waals surface area contributed by atoms with Crippen LogP contribution in [0, 0.1) is 0 Å². The van der Waals surface area contributed by atoms with Gasteiger partial charge in [0.15, 0.2) is 5.84 Å². The average Bonchev–Trinajstić information content (AvgIpc) is 3.76. The molecule has 242 valence electrons. The summed E-state index contributed by atoms with van der Waals surface area (Å²) in [4.78, 5) is 10.4. The number of furan rings is 1. The fourth-order valence-corrected chi connectivity index (χ4v) is 8.00. The van der Waals surface area contributed by atoms with Crippen molar-refractivity contribution in [3.05, 3.63) is 187 Å². The zero-order valence-electron chi connectivity index (χ0n) is 28.0. The van der Waals surface area contributed by atoms with Gasteiger partial charge in [0.1, 0.15) is 11.2 Å². The number of rotatable bonds is 6. The summed E-state index contributed by atoms with van der Waals surface area (Å²) in [6.45, 7) is 6.47. The molecule has 7 aromatic carbocycles. The molecule has 9 rings (SSSR count). The number of hydrogen-bond donors (Lipinski definition) is 0. The van der Waals surface area contributed by atoms with Gasteiger partial charge in [0.25, 0.3) is 0 Å². The van der Waals surface area contributed by atoms with E-state index in [1.165, 1.54) is 37.7 Å². The SMILES string of the molecule is C=C(N=C(N=C(C)c1ccccc1)c1cccc2c1sc1ccc(-c3cccc(-c4ccccc4)c3)cc12)c1ccc2c(c1)oc1ccccc12. The molecular formula is C47H32N2OS. The zero-order chi connectivity index (χ0) is 34.3. The Bertz CT molecular complexity index is 2820. The quantitative estimate of drug-likeness (QED) is 0.128. The molecule has 0 radical (unpaired) electrons. The topological polar surface area (TPSA) is 37.9 Å². The van der Waals surface area contributed by atoms with Crippen molar-refractivity contribution in [3.8, 4) is 22.3 Å². The summed E-state index contributed by atoms with van der Waals surface area (Å²) in [6.07, 6.45) is 0. The van der Waals surface area contributed by atoms with Crippen LogP contribution in [0.2, 0.25) is 0 Å². The van der Waals surface area contributed by atoms with Crippen molar-refractivity contribution < 1.29 is 4.42 Å². The van der Waals surface area contributed by atoms with Gasteiger partial charge in [-0.05, 0) is 77.2 Å². The molecule has 0 bridgehead atoms. The molecular weight excluding hydrogens is 641 g/mol. The second-order valence-corrected chi connectivity index (χ2v) is 13.7. The lowest BCUT2D eigenvalue weighted by atomic mass is 9.98. The van der Waals surface area contributed by atoms with Gasteiger partial charge < -0.3 is 4.42 Å². The first kappa shape index (κ1) is 30.7. The maximum absolute atomic E-state index is 6.20. The van der Waals surface area contributed by atoms with E-state index in [9.17, 15) is 0 Å². The molecule has 0 atom stereocenters. The van der Waals surface area contributed by atoms with Gasteiger partial charge in [0, 0.05) is 47.8 Å². The molecule has 0 N–H and O–H groups in total. The lowest BCUT2D eigenvalue weighted by Crippen LogP contribution is -2.04. The second kappa shape index (κ2) is 12.8. The van der Waals surface area contributed by atoms with Gasteiger partial charge in [-0.1, -0.05) is 128 Å². The number of nitrogens with zero attached hydrogens (tertiary/aromatic N) is 2. The maximum Gasteiger partial charge on any atom is 0.161 e. The van der Waals surface area contributed by atoms with Gasteiger partial charge in [-0.3, -0.25) is 0 Å². The highest BCUT2D eigenvalue weighted by molar-refractivity contribution is 7.26. The van der Waals surface area contributed by atoms with Crippen molar-refractivity contribution >= 4 is 70.7 Å². The maximum atomic E-state index is 6.20. The summed E-state index contributed by atoms with van der Waals surface area (Å²) in [5.74, 6) is 0.624. The number of fused-ring (bicyclic) bond motifs is 6. The minimum absolute atomic E-state index is 0.621. The first-order valence-electron chi connectivity index (χ1n) is 17.0. The molecule has 9 aromatic rings. The van der Waals surface area contributed by atoms with E-state index in [4.69, 9.17) is 14.4 Å². The van der Waals surface area contributed by atoms with Crippen LogP contribution in [0.3, 0.4) is 0 Å². The van der Waals surface area contributed by atoms with Crippen LogP contribution in [0.15, 0.2) is 185 Å². The van der Waals surface area contributed by atoms with E-state index in [-0.39, 0.29) is 0 Å². The van der Waals surface area contributed by atoms with Gasteiger partial charge in [-0.15, -0.1) is 11.3 Å². The highest BCUT2D eigenvalue weighted by Gasteiger charge is 2.16. The average molecular weight is 673 g/mol. The minimum Gasteiger partial charge on any atom is -0.456 e. The Morgan fingerprint density at radius 2 is 1.18 bits per heavy atom. The van der Waals surface area contributed by atoms with Crippen LogP contribution in [0.1, 0.15) is 23.6 Å². The Kier molecular flexibility index (Phi) is 7.72. The molecule has 4 heteroatoms. The largest absolute Gasteiger partial charge is 0.456 e. The van der Waals surface area contributed by atoms with E-state index >= 15 is 0 Å². The molecule has 51 heavy (non-hydrogen) atoms. The summed E-state index contributed by atoms with van der Waals surface area (Å²) in [6, 6.07) is 57.1. The van der Waals surface area contributed by atoms with E-state index < -0.39 is 0 Å². The first-order valence-corrected chi connectivity index (χ1v) is 17.8. The normalized spacial score (nSPS) is 12.3. The van der Waals surface area contributed by atoms with Crippen LogP contribution < -0.4 is 0 Å². The molecule has 0 aliphatic rings. The van der Waals surface area contributed by atoms with Crippen molar-refractivity contribution in [1.29, 1.82) is 0 Å². The van der Waals surface area contributed by atoms with Gasteiger partial charge in [-0.25, -0.2) is 9.98 Å². The predicted octanol–water partition coefficient (Wildman–Crippen LogP) is 13.2. The monoisotopic (exact) mass is 672 g/mol.